The summed E-state index contributed by atoms with van der Waals surface area (Å²) in [5.41, 5.74) is 4.45. The lowest BCUT2D eigenvalue weighted by atomic mass is 10.1. The summed E-state index contributed by atoms with van der Waals surface area (Å²) >= 11 is 0. The molecule has 0 aliphatic rings. The van der Waals surface area contributed by atoms with E-state index in [0.29, 0.717) is 31.7 Å². The van der Waals surface area contributed by atoms with E-state index in [9.17, 15) is 9.59 Å². The minimum atomic E-state index is -0.124. The van der Waals surface area contributed by atoms with E-state index in [1.165, 1.54) is 0 Å². The van der Waals surface area contributed by atoms with Crippen LogP contribution in [0.4, 0.5) is 0 Å². The molecule has 0 unspecified atom stereocenters. The highest BCUT2D eigenvalue weighted by Gasteiger charge is 2.14. The highest BCUT2D eigenvalue weighted by molar-refractivity contribution is 5.79. The first-order chi connectivity index (χ1) is 14.6. The zero-order chi connectivity index (χ0) is 20.9. The van der Waals surface area contributed by atoms with Gasteiger partial charge in [-0.15, -0.1) is 0 Å². The molecule has 30 heavy (non-hydrogen) atoms. The van der Waals surface area contributed by atoms with Crippen molar-refractivity contribution < 1.29 is 4.79 Å². The molecule has 0 aliphatic heterocycles. The van der Waals surface area contributed by atoms with Gasteiger partial charge in [0.2, 0.25) is 5.91 Å². The molecule has 4 rings (SSSR count). The van der Waals surface area contributed by atoms with Crippen LogP contribution in [0.3, 0.4) is 0 Å². The number of nitrogens with one attached hydrogen (secondary N) is 1. The summed E-state index contributed by atoms with van der Waals surface area (Å²) in [4.78, 5) is 29.8. The number of hydrogen-bond acceptors (Lipinski definition) is 3. The molecule has 0 radical (unpaired) electrons. The maximum Gasteiger partial charge on any atom is 0.330 e. The van der Waals surface area contributed by atoms with E-state index in [-0.39, 0.29) is 11.6 Å². The first kappa shape index (κ1) is 19.6. The van der Waals surface area contributed by atoms with Crippen LogP contribution in [-0.2, 0) is 24.3 Å². The summed E-state index contributed by atoms with van der Waals surface area (Å²) in [6.45, 7) is 3.21. The Morgan fingerprint density at radius 3 is 2.53 bits per heavy atom. The minimum Gasteiger partial charge on any atom is -0.354 e. The first-order valence-electron chi connectivity index (χ1n) is 10.0. The fourth-order valence-electron chi connectivity index (χ4n) is 3.62. The Morgan fingerprint density at radius 2 is 1.73 bits per heavy atom. The summed E-state index contributed by atoms with van der Waals surface area (Å²) in [5.74, 6) is -0.0571. The van der Waals surface area contributed by atoms with E-state index in [1.54, 1.807) is 15.3 Å². The van der Waals surface area contributed by atoms with Gasteiger partial charge in [-0.3, -0.25) is 13.9 Å². The summed E-state index contributed by atoms with van der Waals surface area (Å²) in [6, 6.07) is 21.5. The normalized spacial score (nSPS) is 11.0. The van der Waals surface area contributed by atoms with E-state index in [2.05, 4.69) is 10.3 Å². The van der Waals surface area contributed by atoms with E-state index in [1.807, 2.05) is 73.7 Å². The Morgan fingerprint density at radius 1 is 0.967 bits per heavy atom. The molecule has 1 N–H and O–H groups in total. The van der Waals surface area contributed by atoms with Gasteiger partial charge in [0.05, 0.1) is 18.5 Å². The number of rotatable bonds is 7. The Labute approximate surface area is 174 Å². The topological polar surface area (TPSA) is 68.9 Å². The molecule has 1 amide bonds. The van der Waals surface area contributed by atoms with Gasteiger partial charge in [-0.25, -0.2) is 9.78 Å². The van der Waals surface area contributed by atoms with Crippen molar-refractivity contribution in [3.8, 4) is 0 Å². The highest BCUT2D eigenvalue weighted by atomic mass is 16.2. The van der Waals surface area contributed by atoms with Gasteiger partial charge in [-0.1, -0.05) is 54.6 Å². The summed E-state index contributed by atoms with van der Waals surface area (Å²) in [5, 5.41) is 2.92. The fraction of sp³-hybridized carbons (Fsp3) is 0.208. The third-order valence-electron chi connectivity index (χ3n) is 5.23. The molecule has 6 heteroatoms. The molecule has 152 valence electrons. The lowest BCUT2D eigenvalue weighted by molar-refractivity contribution is -0.120. The van der Waals surface area contributed by atoms with Crippen LogP contribution in [0, 0.1) is 6.92 Å². The van der Waals surface area contributed by atoms with Crippen LogP contribution in [0.5, 0.6) is 0 Å². The monoisotopic (exact) mass is 400 g/mol. The molecule has 0 aliphatic carbocycles. The van der Waals surface area contributed by atoms with Gasteiger partial charge in [-0.2, -0.15) is 0 Å². The Balaban J connectivity index is 1.49. The average molecular weight is 400 g/mol. The lowest BCUT2D eigenvalue weighted by Gasteiger charge is -2.08. The molecule has 4 aromatic rings. The standard InChI is InChI=1S/C24H24N4O2/c1-18-8-5-6-11-20(18)16-22(29)25-14-15-27-23-21(12-7-13-26-23)28(24(27)30)17-19-9-3-2-4-10-19/h2-13H,14-17H2,1H3,(H,25,29). The maximum absolute atomic E-state index is 13.1. The predicted octanol–water partition coefficient (Wildman–Crippen LogP) is 2.91. The number of imidazole rings is 1. The smallest absolute Gasteiger partial charge is 0.330 e. The molecule has 0 bridgehead atoms. The third kappa shape index (κ3) is 4.17. The molecule has 2 aromatic carbocycles. The molecule has 0 saturated heterocycles. The summed E-state index contributed by atoms with van der Waals surface area (Å²) < 4.78 is 3.36. The van der Waals surface area contributed by atoms with E-state index in [4.69, 9.17) is 0 Å². The van der Waals surface area contributed by atoms with Crippen molar-refractivity contribution in [2.24, 2.45) is 0 Å². The number of carbonyl (C=O) groups is 1. The number of pyridine rings is 1. The number of nitrogens with zero attached hydrogens (tertiary/aromatic N) is 3. The molecule has 2 aromatic heterocycles. The Hall–Kier alpha value is -3.67. The van der Waals surface area contributed by atoms with Crippen molar-refractivity contribution in [1.82, 2.24) is 19.4 Å². The zero-order valence-corrected chi connectivity index (χ0v) is 16.9. The zero-order valence-electron chi connectivity index (χ0n) is 16.9. The number of aromatic nitrogens is 3. The molecular formula is C24H24N4O2. The maximum atomic E-state index is 13.1. The number of carbonyl (C=O) groups excluding carboxylic acids is 1. The van der Waals surface area contributed by atoms with E-state index >= 15 is 0 Å². The van der Waals surface area contributed by atoms with Crippen LogP contribution >= 0.6 is 0 Å². The van der Waals surface area contributed by atoms with Crippen LogP contribution < -0.4 is 11.0 Å². The van der Waals surface area contributed by atoms with E-state index in [0.717, 1.165) is 22.2 Å². The first-order valence-corrected chi connectivity index (χ1v) is 10.0. The van der Waals surface area contributed by atoms with Crippen molar-refractivity contribution in [1.29, 1.82) is 0 Å². The molecule has 2 heterocycles. The van der Waals surface area contributed by atoms with Gasteiger partial charge < -0.3 is 5.32 Å². The molecule has 0 spiro atoms. The third-order valence-corrected chi connectivity index (χ3v) is 5.23. The fourth-order valence-corrected chi connectivity index (χ4v) is 3.62. The number of aryl methyl sites for hydroxylation is 1. The molecule has 0 saturated carbocycles. The van der Waals surface area contributed by atoms with Crippen LogP contribution in [0.2, 0.25) is 0 Å². The van der Waals surface area contributed by atoms with E-state index < -0.39 is 0 Å². The van der Waals surface area contributed by atoms with Gasteiger partial charge in [-0.05, 0) is 35.7 Å². The van der Waals surface area contributed by atoms with Crippen LogP contribution in [0.25, 0.3) is 11.2 Å². The van der Waals surface area contributed by atoms with Gasteiger partial charge in [0.15, 0.2) is 5.65 Å². The van der Waals surface area contributed by atoms with Crippen LogP contribution in [0.1, 0.15) is 16.7 Å². The van der Waals surface area contributed by atoms with Gasteiger partial charge in [0.25, 0.3) is 0 Å². The van der Waals surface area contributed by atoms with Gasteiger partial charge in [0.1, 0.15) is 0 Å². The van der Waals surface area contributed by atoms with Crippen molar-refractivity contribution >= 4 is 17.1 Å². The Bertz CT molecular complexity index is 1220. The summed E-state index contributed by atoms with van der Waals surface area (Å²) in [7, 11) is 0. The number of amides is 1. The highest BCUT2D eigenvalue weighted by Crippen LogP contribution is 2.12. The molecule has 0 fully saturated rings. The lowest BCUT2D eigenvalue weighted by Crippen LogP contribution is -2.32. The van der Waals surface area contributed by atoms with Crippen molar-refractivity contribution in [2.75, 3.05) is 6.54 Å². The Kier molecular flexibility index (Phi) is 5.75. The molecule has 0 atom stereocenters. The van der Waals surface area contributed by atoms with Gasteiger partial charge in [0, 0.05) is 19.3 Å². The number of hydrogen-bond donors (Lipinski definition) is 1. The largest absolute Gasteiger partial charge is 0.354 e. The molecular weight excluding hydrogens is 376 g/mol. The quantitative estimate of drug-likeness (QED) is 0.519. The second kappa shape index (κ2) is 8.78. The van der Waals surface area contributed by atoms with Crippen molar-refractivity contribution in [2.45, 2.75) is 26.4 Å². The molecule has 6 nitrogen and oxygen atoms in total. The van der Waals surface area contributed by atoms with Crippen LogP contribution in [0.15, 0.2) is 77.7 Å². The second-order valence-electron chi connectivity index (χ2n) is 7.31. The van der Waals surface area contributed by atoms with Crippen LogP contribution in [-0.4, -0.2) is 26.6 Å². The second-order valence-corrected chi connectivity index (χ2v) is 7.31. The summed E-state index contributed by atoms with van der Waals surface area (Å²) in [6.07, 6.45) is 2.01. The number of fused-ring (bicyclic) bond motifs is 1. The number of benzene rings is 2. The minimum absolute atomic E-state index is 0.0571. The van der Waals surface area contributed by atoms with Crippen molar-refractivity contribution in [3.05, 3.63) is 100 Å². The van der Waals surface area contributed by atoms with Gasteiger partial charge >= 0.3 is 5.69 Å². The van der Waals surface area contributed by atoms with Crippen molar-refractivity contribution in [3.63, 3.8) is 0 Å². The SMILES string of the molecule is Cc1ccccc1CC(=O)NCCn1c(=O)n(Cc2ccccc2)c2cccnc21. The predicted molar refractivity (Wildman–Crippen MR) is 117 cm³/mol. The average Bonchev–Trinajstić information content (AvgIpc) is 3.02.